The number of hydrogen-bond donors (Lipinski definition) is 2. The van der Waals surface area contributed by atoms with E-state index in [1.807, 2.05) is 0 Å². The van der Waals surface area contributed by atoms with Crippen LogP contribution in [0.3, 0.4) is 0 Å². The minimum Gasteiger partial charge on any atom is -0.506 e. The second-order valence-electron chi connectivity index (χ2n) is 3.50. The molecule has 0 aliphatic rings. The molecule has 19 heavy (non-hydrogen) atoms. The number of hydrogen-bond acceptors (Lipinski definition) is 6. The molecule has 0 spiro atoms. The molecule has 8 nitrogen and oxygen atoms in total. The molecule has 0 saturated heterocycles. The smallest absolute Gasteiger partial charge is 0.275 e. The highest BCUT2D eigenvalue weighted by molar-refractivity contribution is 6.03. The summed E-state index contributed by atoms with van der Waals surface area (Å²) in [6, 6.07) is 3.36. The number of phenolic OH excluding ortho intramolecular Hbond substituents is 1. The van der Waals surface area contributed by atoms with Gasteiger partial charge in [0.1, 0.15) is 11.4 Å². The van der Waals surface area contributed by atoms with Gasteiger partial charge in [0, 0.05) is 18.5 Å². The molecule has 8 heteroatoms. The lowest BCUT2D eigenvalue weighted by atomic mass is 10.2. The second-order valence-corrected chi connectivity index (χ2v) is 3.50. The fourth-order valence-corrected chi connectivity index (χ4v) is 1.34. The maximum absolute atomic E-state index is 11.7. The summed E-state index contributed by atoms with van der Waals surface area (Å²) in [5.41, 5.74) is -0.142. The van der Waals surface area contributed by atoms with Crippen LogP contribution in [0.25, 0.3) is 0 Å². The molecule has 0 aliphatic heterocycles. The topological polar surface area (TPSA) is 118 Å². The molecule has 0 bridgehead atoms. The number of nitro groups is 1. The van der Waals surface area contributed by atoms with Gasteiger partial charge in [-0.3, -0.25) is 19.9 Å². The molecule has 0 saturated carbocycles. The summed E-state index contributed by atoms with van der Waals surface area (Å²) in [6.07, 6.45) is 4.03. The quantitative estimate of drug-likeness (QED) is 0.488. The van der Waals surface area contributed by atoms with E-state index in [1.165, 1.54) is 30.7 Å². The molecule has 0 unspecified atom stereocenters. The SMILES string of the molecule is O=C(Nc1ccc([N+](=O)[O-])cc1O)c1cnccn1. The minimum atomic E-state index is -0.645. The predicted molar refractivity (Wildman–Crippen MR) is 64.7 cm³/mol. The van der Waals surface area contributed by atoms with Crippen LogP contribution in [-0.4, -0.2) is 25.9 Å². The molecular formula is C11H8N4O4. The van der Waals surface area contributed by atoms with E-state index in [0.29, 0.717) is 0 Å². The van der Waals surface area contributed by atoms with Crippen LogP contribution in [0.2, 0.25) is 0 Å². The fraction of sp³-hybridized carbons (Fsp3) is 0. The number of amides is 1. The van der Waals surface area contributed by atoms with Gasteiger partial charge in [-0.2, -0.15) is 0 Å². The lowest BCUT2D eigenvalue weighted by Crippen LogP contribution is -2.13. The van der Waals surface area contributed by atoms with Crippen molar-refractivity contribution in [2.75, 3.05) is 5.32 Å². The van der Waals surface area contributed by atoms with Gasteiger partial charge in [0.2, 0.25) is 0 Å². The molecular weight excluding hydrogens is 252 g/mol. The summed E-state index contributed by atoms with van der Waals surface area (Å²) in [4.78, 5) is 29.1. The first-order valence-corrected chi connectivity index (χ1v) is 5.12. The molecule has 96 valence electrons. The predicted octanol–water partition coefficient (Wildman–Crippen LogP) is 1.34. The minimum absolute atomic E-state index is 0.0567. The number of anilines is 1. The maximum atomic E-state index is 11.7. The standard InChI is InChI=1S/C11H8N4O4/c16-10-5-7(15(18)19)1-2-8(10)14-11(17)9-6-12-3-4-13-9/h1-6,16H,(H,14,17). The van der Waals surface area contributed by atoms with E-state index in [2.05, 4.69) is 15.3 Å². The van der Waals surface area contributed by atoms with Crippen molar-refractivity contribution in [3.8, 4) is 5.75 Å². The first-order chi connectivity index (χ1) is 9.08. The first kappa shape index (κ1) is 12.4. The highest BCUT2D eigenvalue weighted by atomic mass is 16.6. The van der Waals surface area contributed by atoms with Crippen molar-refractivity contribution in [1.82, 2.24) is 9.97 Å². The van der Waals surface area contributed by atoms with Crippen molar-refractivity contribution in [2.24, 2.45) is 0 Å². The first-order valence-electron chi connectivity index (χ1n) is 5.12. The highest BCUT2D eigenvalue weighted by Crippen LogP contribution is 2.27. The van der Waals surface area contributed by atoms with Crippen molar-refractivity contribution >= 4 is 17.3 Å². The number of aromatic nitrogens is 2. The van der Waals surface area contributed by atoms with E-state index in [0.717, 1.165) is 6.07 Å². The van der Waals surface area contributed by atoms with Gasteiger partial charge in [-0.25, -0.2) is 4.98 Å². The van der Waals surface area contributed by atoms with E-state index in [9.17, 15) is 20.0 Å². The van der Waals surface area contributed by atoms with Crippen molar-refractivity contribution in [1.29, 1.82) is 0 Å². The van der Waals surface area contributed by atoms with Gasteiger partial charge in [-0.05, 0) is 6.07 Å². The van der Waals surface area contributed by atoms with Crippen LogP contribution in [0.4, 0.5) is 11.4 Å². The van der Waals surface area contributed by atoms with Crippen LogP contribution in [0, 0.1) is 10.1 Å². The van der Waals surface area contributed by atoms with E-state index >= 15 is 0 Å². The zero-order valence-corrected chi connectivity index (χ0v) is 9.48. The third-order valence-corrected chi connectivity index (χ3v) is 2.24. The van der Waals surface area contributed by atoms with Gasteiger partial charge in [0.25, 0.3) is 11.6 Å². The molecule has 1 amide bonds. The van der Waals surface area contributed by atoms with Gasteiger partial charge in [-0.15, -0.1) is 0 Å². The summed E-state index contributed by atoms with van der Waals surface area (Å²) in [6.45, 7) is 0. The summed E-state index contributed by atoms with van der Waals surface area (Å²) in [5, 5.41) is 22.5. The van der Waals surface area contributed by atoms with Crippen LogP contribution >= 0.6 is 0 Å². The van der Waals surface area contributed by atoms with E-state index in [1.54, 1.807) is 0 Å². The van der Waals surface area contributed by atoms with Gasteiger partial charge >= 0.3 is 0 Å². The molecule has 1 heterocycles. The molecule has 1 aromatic carbocycles. The molecule has 0 fully saturated rings. The normalized spacial score (nSPS) is 9.89. The molecule has 0 atom stereocenters. The Labute approximate surface area is 106 Å². The number of benzene rings is 1. The zero-order valence-electron chi connectivity index (χ0n) is 9.48. The third kappa shape index (κ3) is 2.80. The lowest BCUT2D eigenvalue weighted by Gasteiger charge is -2.06. The van der Waals surface area contributed by atoms with E-state index < -0.39 is 16.6 Å². The molecule has 2 N–H and O–H groups in total. The van der Waals surface area contributed by atoms with Gasteiger partial charge in [0.15, 0.2) is 0 Å². The number of nitrogens with one attached hydrogen (secondary N) is 1. The van der Waals surface area contributed by atoms with Crippen molar-refractivity contribution in [3.05, 3.63) is 52.6 Å². The summed E-state index contributed by atoms with van der Waals surface area (Å²) >= 11 is 0. The zero-order chi connectivity index (χ0) is 13.8. The van der Waals surface area contributed by atoms with Crippen molar-refractivity contribution < 1.29 is 14.8 Å². The maximum Gasteiger partial charge on any atom is 0.275 e. The molecule has 2 aromatic rings. The van der Waals surface area contributed by atoms with Gasteiger partial charge in [0.05, 0.1) is 22.9 Å². The number of nitro benzene ring substituents is 1. The Bertz CT molecular complexity index is 630. The van der Waals surface area contributed by atoms with Gasteiger partial charge in [-0.1, -0.05) is 0 Å². The fourth-order valence-electron chi connectivity index (χ4n) is 1.34. The lowest BCUT2D eigenvalue weighted by molar-refractivity contribution is -0.384. The molecule has 1 aromatic heterocycles. The number of carbonyl (C=O) groups is 1. The average molecular weight is 260 g/mol. The Kier molecular flexibility index (Phi) is 3.33. The summed E-state index contributed by atoms with van der Waals surface area (Å²) < 4.78 is 0. The number of aromatic hydroxyl groups is 1. The molecule has 0 aliphatic carbocycles. The number of nitrogens with zero attached hydrogens (tertiary/aromatic N) is 3. The number of rotatable bonds is 3. The molecule has 2 rings (SSSR count). The Morgan fingerprint density at radius 2 is 2.16 bits per heavy atom. The van der Waals surface area contributed by atoms with Crippen molar-refractivity contribution in [3.63, 3.8) is 0 Å². The third-order valence-electron chi connectivity index (χ3n) is 2.24. The van der Waals surface area contributed by atoms with Crippen molar-refractivity contribution in [2.45, 2.75) is 0 Å². The van der Waals surface area contributed by atoms with Crippen LogP contribution in [0.15, 0.2) is 36.8 Å². The van der Waals surface area contributed by atoms with E-state index in [-0.39, 0.29) is 17.1 Å². The van der Waals surface area contributed by atoms with Crippen LogP contribution in [0.5, 0.6) is 5.75 Å². The Balaban J connectivity index is 2.20. The van der Waals surface area contributed by atoms with Crippen LogP contribution < -0.4 is 5.32 Å². The monoisotopic (exact) mass is 260 g/mol. The van der Waals surface area contributed by atoms with Crippen LogP contribution in [0.1, 0.15) is 10.5 Å². The largest absolute Gasteiger partial charge is 0.506 e. The highest BCUT2D eigenvalue weighted by Gasteiger charge is 2.13. The average Bonchev–Trinajstić information content (AvgIpc) is 2.41. The van der Waals surface area contributed by atoms with E-state index in [4.69, 9.17) is 0 Å². The summed E-state index contributed by atoms with van der Waals surface area (Å²) in [7, 11) is 0. The number of non-ortho nitro benzene ring substituents is 1. The Morgan fingerprint density at radius 1 is 1.37 bits per heavy atom. The Morgan fingerprint density at radius 3 is 2.74 bits per heavy atom. The Hall–Kier alpha value is -3.03. The number of carbonyl (C=O) groups excluding carboxylic acids is 1. The second kappa shape index (κ2) is 5.08. The molecule has 0 radical (unpaired) electrons. The van der Waals surface area contributed by atoms with Crippen LogP contribution in [-0.2, 0) is 0 Å². The number of phenols is 1. The van der Waals surface area contributed by atoms with Gasteiger partial charge < -0.3 is 10.4 Å². The summed E-state index contributed by atoms with van der Waals surface area (Å²) in [5.74, 6) is -0.969.